The quantitative estimate of drug-likeness (QED) is 0.832. The maximum atomic E-state index is 11.4. The number of likely N-dealkylation sites (tertiary alicyclic amines) is 1. The molecule has 2 fully saturated rings. The Hall–Kier alpha value is -2.60. The van der Waals surface area contributed by atoms with Gasteiger partial charge in [0.25, 0.3) is 0 Å². The van der Waals surface area contributed by atoms with Crippen molar-refractivity contribution in [1.82, 2.24) is 10.2 Å². The number of fused-ring (bicyclic) bond motifs is 1. The number of carboxylic acids is 1. The largest absolute Gasteiger partial charge is 0.490 e. The van der Waals surface area contributed by atoms with Gasteiger partial charge in [0.05, 0.1) is 11.6 Å². The Bertz CT molecular complexity index is 715. The van der Waals surface area contributed by atoms with E-state index < -0.39 is 12.1 Å². The molecule has 0 aliphatic carbocycles. The number of aliphatic carboxylic acids is 1. The van der Waals surface area contributed by atoms with E-state index in [1.54, 1.807) is 0 Å². The monoisotopic (exact) mass is 369 g/mol. The lowest BCUT2D eigenvalue weighted by Crippen LogP contribution is -2.49. The minimum Gasteiger partial charge on any atom is -0.475 e. The molecule has 2 saturated heterocycles. The van der Waals surface area contributed by atoms with Crippen LogP contribution in [0.4, 0.5) is 13.2 Å². The van der Waals surface area contributed by atoms with Crippen LogP contribution in [-0.4, -0.2) is 46.7 Å². The van der Waals surface area contributed by atoms with Gasteiger partial charge in [0, 0.05) is 31.6 Å². The Morgan fingerprint density at radius 3 is 2.69 bits per heavy atom. The Balaban J connectivity index is 0.000000298. The molecule has 6 nitrogen and oxygen atoms in total. The molecule has 0 bridgehead atoms. The van der Waals surface area contributed by atoms with E-state index in [1.165, 1.54) is 5.56 Å². The van der Waals surface area contributed by atoms with Crippen LogP contribution in [0.2, 0.25) is 0 Å². The number of amides is 1. The first-order chi connectivity index (χ1) is 12.2. The van der Waals surface area contributed by atoms with Crippen molar-refractivity contribution in [1.29, 1.82) is 5.26 Å². The van der Waals surface area contributed by atoms with Crippen LogP contribution in [0.1, 0.15) is 30.4 Å². The van der Waals surface area contributed by atoms with E-state index in [-0.39, 0.29) is 5.91 Å². The Kier molecular flexibility index (Phi) is 6.21. The number of piperidine rings is 1. The first-order valence-electron chi connectivity index (χ1n) is 8.03. The predicted octanol–water partition coefficient (Wildman–Crippen LogP) is 2.04. The summed E-state index contributed by atoms with van der Waals surface area (Å²) in [7, 11) is 0. The van der Waals surface area contributed by atoms with Crippen LogP contribution in [0.3, 0.4) is 0 Å². The highest BCUT2D eigenvalue weighted by Gasteiger charge is 2.38. The van der Waals surface area contributed by atoms with Crippen molar-refractivity contribution >= 4 is 11.9 Å². The fraction of sp³-hybridized carbons (Fsp3) is 0.471. The lowest BCUT2D eigenvalue weighted by molar-refractivity contribution is -0.192. The summed E-state index contributed by atoms with van der Waals surface area (Å²) >= 11 is 0. The van der Waals surface area contributed by atoms with Crippen LogP contribution < -0.4 is 5.32 Å². The Morgan fingerprint density at radius 2 is 2.08 bits per heavy atom. The summed E-state index contributed by atoms with van der Waals surface area (Å²) in [5, 5.41) is 19.1. The lowest BCUT2D eigenvalue weighted by atomic mass is 9.98. The standard InChI is InChI=1S/C15H17N3O.C2HF3O2/c16-9-11-2-1-3-12(8-11)10-18-7-6-13-14(18)4-5-15(19)17-13;3-2(4,5)1(6)7/h1-3,8,13-14H,4-7,10H2,(H,17,19);(H,6,7)/t13-,14-;/m0./s1. The van der Waals surface area contributed by atoms with E-state index in [0.29, 0.717) is 24.1 Å². The predicted molar refractivity (Wildman–Crippen MR) is 84.8 cm³/mol. The highest BCUT2D eigenvalue weighted by atomic mass is 19.4. The number of halogens is 3. The third-order valence-electron chi connectivity index (χ3n) is 4.36. The van der Waals surface area contributed by atoms with E-state index in [1.807, 2.05) is 18.2 Å². The van der Waals surface area contributed by atoms with E-state index >= 15 is 0 Å². The van der Waals surface area contributed by atoms with Crippen molar-refractivity contribution < 1.29 is 27.9 Å². The summed E-state index contributed by atoms with van der Waals surface area (Å²) in [6.07, 6.45) is -2.46. The number of rotatable bonds is 2. The van der Waals surface area contributed by atoms with Gasteiger partial charge in [-0.15, -0.1) is 0 Å². The van der Waals surface area contributed by atoms with Gasteiger partial charge in [-0.1, -0.05) is 12.1 Å². The fourth-order valence-corrected chi connectivity index (χ4v) is 3.20. The van der Waals surface area contributed by atoms with Crippen LogP contribution in [-0.2, 0) is 16.1 Å². The number of hydrogen-bond donors (Lipinski definition) is 2. The number of alkyl halides is 3. The number of nitrogens with zero attached hydrogens (tertiary/aromatic N) is 2. The zero-order valence-electron chi connectivity index (χ0n) is 13.8. The van der Waals surface area contributed by atoms with Crippen molar-refractivity contribution in [3.05, 3.63) is 35.4 Å². The van der Waals surface area contributed by atoms with Crippen LogP contribution in [0.5, 0.6) is 0 Å². The molecule has 0 aromatic heterocycles. The molecule has 0 spiro atoms. The van der Waals surface area contributed by atoms with Crippen molar-refractivity contribution in [2.45, 2.75) is 44.1 Å². The average molecular weight is 369 g/mol. The number of hydrogen-bond acceptors (Lipinski definition) is 4. The molecule has 2 N–H and O–H groups in total. The summed E-state index contributed by atoms with van der Waals surface area (Å²) in [5.41, 5.74) is 1.89. The van der Waals surface area contributed by atoms with Crippen molar-refractivity contribution in [3.63, 3.8) is 0 Å². The maximum absolute atomic E-state index is 11.4. The number of carbonyl (C=O) groups excluding carboxylic acids is 1. The molecule has 1 amide bonds. The molecule has 3 rings (SSSR count). The number of nitrogens with one attached hydrogen (secondary N) is 1. The van der Waals surface area contributed by atoms with Crippen LogP contribution in [0.25, 0.3) is 0 Å². The summed E-state index contributed by atoms with van der Waals surface area (Å²) in [5.74, 6) is -2.57. The van der Waals surface area contributed by atoms with E-state index in [9.17, 15) is 18.0 Å². The molecular formula is C17H18F3N3O3. The summed E-state index contributed by atoms with van der Waals surface area (Å²) in [6.45, 7) is 1.89. The second kappa shape index (κ2) is 8.19. The summed E-state index contributed by atoms with van der Waals surface area (Å²) in [6, 6.07) is 10.7. The molecule has 2 aliphatic heterocycles. The minimum atomic E-state index is -5.08. The highest BCUT2D eigenvalue weighted by Crippen LogP contribution is 2.27. The van der Waals surface area contributed by atoms with Crippen molar-refractivity contribution in [2.24, 2.45) is 0 Å². The maximum Gasteiger partial charge on any atom is 0.490 e. The highest BCUT2D eigenvalue weighted by molar-refractivity contribution is 5.77. The van der Waals surface area contributed by atoms with Gasteiger partial charge in [0.1, 0.15) is 0 Å². The SMILES string of the molecule is N#Cc1cccc(CN2CC[C@@H]3NC(=O)CC[C@@H]32)c1.O=C(O)C(F)(F)F. The zero-order chi connectivity index (χ0) is 19.3. The molecule has 0 saturated carbocycles. The fourth-order valence-electron chi connectivity index (χ4n) is 3.20. The average Bonchev–Trinajstić information content (AvgIpc) is 2.96. The first-order valence-corrected chi connectivity index (χ1v) is 8.03. The molecule has 26 heavy (non-hydrogen) atoms. The Labute approximate surface area is 148 Å². The number of benzene rings is 1. The number of nitriles is 1. The topological polar surface area (TPSA) is 93.4 Å². The normalized spacial score (nSPS) is 22.5. The third-order valence-corrected chi connectivity index (χ3v) is 4.36. The second-order valence-corrected chi connectivity index (χ2v) is 6.15. The molecule has 1 aromatic carbocycles. The van der Waals surface area contributed by atoms with Gasteiger partial charge in [-0.3, -0.25) is 9.69 Å². The van der Waals surface area contributed by atoms with E-state index in [0.717, 1.165) is 25.9 Å². The Morgan fingerprint density at radius 1 is 1.38 bits per heavy atom. The first kappa shape index (κ1) is 19.7. The third kappa shape index (κ3) is 5.20. The zero-order valence-corrected chi connectivity index (χ0v) is 13.8. The smallest absolute Gasteiger partial charge is 0.475 e. The van der Waals surface area contributed by atoms with Gasteiger partial charge in [-0.2, -0.15) is 18.4 Å². The lowest BCUT2D eigenvalue weighted by Gasteiger charge is -2.32. The van der Waals surface area contributed by atoms with Gasteiger partial charge in [0.2, 0.25) is 5.91 Å². The molecule has 140 valence electrons. The van der Waals surface area contributed by atoms with Crippen molar-refractivity contribution in [3.8, 4) is 6.07 Å². The number of carbonyl (C=O) groups is 2. The van der Waals surface area contributed by atoms with Crippen LogP contribution in [0, 0.1) is 11.3 Å². The van der Waals surface area contributed by atoms with Crippen molar-refractivity contribution in [2.75, 3.05) is 6.54 Å². The molecular weight excluding hydrogens is 351 g/mol. The molecule has 2 aliphatic rings. The minimum absolute atomic E-state index is 0.189. The van der Waals surface area contributed by atoms with Gasteiger partial charge < -0.3 is 10.4 Å². The van der Waals surface area contributed by atoms with Gasteiger partial charge in [-0.05, 0) is 30.5 Å². The van der Waals surface area contributed by atoms with Gasteiger partial charge in [-0.25, -0.2) is 4.79 Å². The van der Waals surface area contributed by atoms with E-state index in [2.05, 4.69) is 22.4 Å². The van der Waals surface area contributed by atoms with Crippen LogP contribution in [0.15, 0.2) is 24.3 Å². The van der Waals surface area contributed by atoms with Gasteiger partial charge >= 0.3 is 12.1 Å². The molecule has 2 heterocycles. The molecule has 0 unspecified atom stereocenters. The molecule has 2 atom stereocenters. The molecule has 1 aromatic rings. The second-order valence-electron chi connectivity index (χ2n) is 6.15. The molecule has 9 heteroatoms. The van der Waals surface area contributed by atoms with Crippen LogP contribution >= 0.6 is 0 Å². The summed E-state index contributed by atoms with van der Waals surface area (Å²) in [4.78, 5) is 22.7. The van der Waals surface area contributed by atoms with E-state index in [4.69, 9.17) is 15.2 Å². The summed E-state index contributed by atoms with van der Waals surface area (Å²) < 4.78 is 31.7. The van der Waals surface area contributed by atoms with Gasteiger partial charge in [0.15, 0.2) is 0 Å². The number of carboxylic acid groups (broad SMARTS) is 1. The molecule has 0 radical (unpaired) electrons.